The molecule has 0 fully saturated rings. The first kappa shape index (κ1) is 14.1. The van der Waals surface area contributed by atoms with Gasteiger partial charge in [0, 0.05) is 10.1 Å². The van der Waals surface area contributed by atoms with Gasteiger partial charge < -0.3 is 5.11 Å². The van der Waals surface area contributed by atoms with E-state index in [0.29, 0.717) is 5.39 Å². The molecular formula is C16H20O2S. The Labute approximate surface area is 117 Å². The van der Waals surface area contributed by atoms with Crippen LogP contribution in [0.25, 0.3) is 10.1 Å². The van der Waals surface area contributed by atoms with Crippen molar-refractivity contribution in [1.29, 1.82) is 0 Å². The van der Waals surface area contributed by atoms with Crippen molar-refractivity contribution in [3.8, 4) is 5.75 Å². The molecule has 0 unspecified atom stereocenters. The Hall–Kier alpha value is -1.35. The minimum atomic E-state index is -0.224. The molecule has 2 rings (SSSR count). The van der Waals surface area contributed by atoms with E-state index in [-0.39, 0.29) is 11.2 Å². The standard InChI is InChI=1S/C16H20O2S/c1-2-3-4-5-6-11-14-16(18)15(17)12-9-7-8-10-13(12)19-14/h7-10,18H,2-6,11H2,1H3. The molecule has 1 aromatic carbocycles. The molecule has 3 heteroatoms. The normalized spacial score (nSPS) is 11.0. The van der Waals surface area contributed by atoms with Crippen molar-refractivity contribution in [3.05, 3.63) is 39.4 Å². The van der Waals surface area contributed by atoms with E-state index in [0.717, 1.165) is 22.4 Å². The molecule has 2 aromatic rings. The molecular weight excluding hydrogens is 256 g/mol. The predicted octanol–water partition coefficient (Wildman–Crippen LogP) is 4.48. The Morgan fingerprint density at radius 3 is 2.63 bits per heavy atom. The highest BCUT2D eigenvalue weighted by Gasteiger charge is 2.10. The average molecular weight is 276 g/mol. The van der Waals surface area contributed by atoms with Gasteiger partial charge in [-0.25, -0.2) is 0 Å². The van der Waals surface area contributed by atoms with Crippen molar-refractivity contribution in [2.75, 3.05) is 0 Å². The Morgan fingerprint density at radius 1 is 1.11 bits per heavy atom. The maximum absolute atomic E-state index is 12.0. The second-order valence-electron chi connectivity index (χ2n) is 4.86. The van der Waals surface area contributed by atoms with Crippen LogP contribution in [-0.4, -0.2) is 5.11 Å². The highest BCUT2D eigenvalue weighted by atomic mass is 32.1. The second kappa shape index (κ2) is 6.71. The number of unbranched alkanes of at least 4 members (excludes halogenated alkanes) is 4. The molecule has 0 aliphatic heterocycles. The molecule has 102 valence electrons. The average Bonchev–Trinajstić information content (AvgIpc) is 2.44. The van der Waals surface area contributed by atoms with Crippen LogP contribution >= 0.6 is 11.3 Å². The minimum Gasteiger partial charge on any atom is -0.503 e. The van der Waals surface area contributed by atoms with Crippen molar-refractivity contribution in [1.82, 2.24) is 0 Å². The molecule has 0 bridgehead atoms. The van der Waals surface area contributed by atoms with Gasteiger partial charge in [-0.1, -0.05) is 44.7 Å². The fraction of sp³-hybridized carbons (Fsp3) is 0.438. The van der Waals surface area contributed by atoms with Gasteiger partial charge >= 0.3 is 0 Å². The number of aromatic hydroxyl groups is 1. The topological polar surface area (TPSA) is 37.3 Å². The molecule has 19 heavy (non-hydrogen) atoms. The monoisotopic (exact) mass is 276 g/mol. The summed E-state index contributed by atoms with van der Waals surface area (Å²) in [6.07, 6.45) is 6.75. The first-order valence-electron chi connectivity index (χ1n) is 6.97. The van der Waals surface area contributed by atoms with Gasteiger partial charge in [-0.15, -0.1) is 11.3 Å². The highest BCUT2D eigenvalue weighted by molar-refractivity contribution is 7.18. The summed E-state index contributed by atoms with van der Waals surface area (Å²) < 4.78 is 0.967. The Kier molecular flexibility index (Phi) is 4.97. The van der Waals surface area contributed by atoms with E-state index in [1.807, 2.05) is 18.2 Å². The zero-order valence-electron chi connectivity index (χ0n) is 11.3. The van der Waals surface area contributed by atoms with Gasteiger partial charge in [-0.05, 0) is 25.0 Å². The quantitative estimate of drug-likeness (QED) is 0.790. The van der Waals surface area contributed by atoms with E-state index in [9.17, 15) is 9.90 Å². The Morgan fingerprint density at radius 2 is 1.84 bits per heavy atom. The first-order valence-corrected chi connectivity index (χ1v) is 7.79. The van der Waals surface area contributed by atoms with Gasteiger partial charge in [0.2, 0.25) is 5.43 Å². The Balaban J connectivity index is 2.15. The predicted molar refractivity (Wildman–Crippen MR) is 82.2 cm³/mol. The van der Waals surface area contributed by atoms with Crippen LogP contribution in [0.4, 0.5) is 0 Å². The number of fused-ring (bicyclic) bond motifs is 1. The number of benzene rings is 1. The van der Waals surface area contributed by atoms with Crippen molar-refractivity contribution in [2.24, 2.45) is 0 Å². The van der Waals surface area contributed by atoms with Crippen LogP contribution in [0, 0.1) is 0 Å². The zero-order valence-corrected chi connectivity index (χ0v) is 12.1. The molecule has 0 radical (unpaired) electrons. The highest BCUT2D eigenvalue weighted by Crippen LogP contribution is 2.27. The first-order chi connectivity index (χ1) is 9.24. The van der Waals surface area contributed by atoms with Crippen LogP contribution in [0.3, 0.4) is 0 Å². The van der Waals surface area contributed by atoms with E-state index in [4.69, 9.17) is 0 Å². The van der Waals surface area contributed by atoms with E-state index in [2.05, 4.69) is 6.92 Å². The summed E-state index contributed by atoms with van der Waals surface area (Å²) in [5.74, 6) is -0.0424. The van der Waals surface area contributed by atoms with Crippen LogP contribution in [0.15, 0.2) is 29.1 Å². The minimum absolute atomic E-state index is 0.0424. The van der Waals surface area contributed by atoms with Gasteiger partial charge in [-0.2, -0.15) is 0 Å². The van der Waals surface area contributed by atoms with E-state index < -0.39 is 0 Å². The van der Waals surface area contributed by atoms with Crippen molar-refractivity contribution in [3.63, 3.8) is 0 Å². The van der Waals surface area contributed by atoms with Crippen molar-refractivity contribution >= 4 is 21.4 Å². The summed E-state index contributed by atoms with van der Waals surface area (Å²) in [6.45, 7) is 2.20. The van der Waals surface area contributed by atoms with Crippen molar-refractivity contribution < 1.29 is 5.11 Å². The largest absolute Gasteiger partial charge is 0.503 e. The third kappa shape index (κ3) is 3.35. The summed E-state index contributed by atoms with van der Waals surface area (Å²) in [5.41, 5.74) is -0.224. The number of hydrogen-bond donors (Lipinski definition) is 1. The van der Waals surface area contributed by atoms with Gasteiger partial charge in [0.05, 0.1) is 4.88 Å². The summed E-state index contributed by atoms with van der Waals surface area (Å²) in [5, 5.41) is 10.6. The lowest BCUT2D eigenvalue weighted by Crippen LogP contribution is -2.02. The fourth-order valence-electron chi connectivity index (χ4n) is 2.24. The van der Waals surface area contributed by atoms with Crippen LogP contribution < -0.4 is 5.43 Å². The fourth-order valence-corrected chi connectivity index (χ4v) is 3.36. The zero-order chi connectivity index (χ0) is 13.7. The smallest absolute Gasteiger partial charge is 0.229 e. The second-order valence-corrected chi connectivity index (χ2v) is 6.00. The van der Waals surface area contributed by atoms with E-state index in [1.54, 1.807) is 17.4 Å². The lowest BCUT2D eigenvalue weighted by atomic mass is 10.1. The van der Waals surface area contributed by atoms with Gasteiger partial charge in [0.25, 0.3) is 0 Å². The molecule has 1 aromatic heterocycles. The van der Waals surface area contributed by atoms with Gasteiger partial charge in [0.1, 0.15) is 0 Å². The molecule has 0 saturated heterocycles. The summed E-state index contributed by atoms with van der Waals surface area (Å²) >= 11 is 1.54. The number of rotatable bonds is 6. The van der Waals surface area contributed by atoms with Crippen LogP contribution in [-0.2, 0) is 6.42 Å². The molecule has 0 atom stereocenters. The van der Waals surface area contributed by atoms with Crippen LogP contribution in [0.5, 0.6) is 5.75 Å². The number of hydrogen-bond acceptors (Lipinski definition) is 3. The lowest BCUT2D eigenvalue weighted by Gasteiger charge is -2.05. The molecule has 0 saturated carbocycles. The molecule has 0 aliphatic carbocycles. The summed E-state index contributed by atoms with van der Waals surface area (Å²) in [7, 11) is 0. The van der Waals surface area contributed by atoms with Crippen molar-refractivity contribution in [2.45, 2.75) is 45.4 Å². The molecule has 1 N–H and O–H groups in total. The lowest BCUT2D eigenvalue weighted by molar-refractivity contribution is 0.465. The van der Waals surface area contributed by atoms with Crippen LogP contribution in [0.1, 0.15) is 43.9 Å². The molecule has 0 aliphatic rings. The van der Waals surface area contributed by atoms with Crippen LogP contribution in [0.2, 0.25) is 0 Å². The third-order valence-electron chi connectivity index (χ3n) is 3.35. The van der Waals surface area contributed by atoms with Gasteiger partial charge in [0.15, 0.2) is 5.75 Å². The SMILES string of the molecule is CCCCCCCc1sc2ccccc2c(=O)c1O. The molecule has 1 heterocycles. The Bertz CT molecular complexity index is 601. The summed E-state index contributed by atoms with van der Waals surface area (Å²) in [4.78, 5) is 12.9. The summed E-state index contributed by atoms with van der Waals surface area (Å²) in [6, 6.07) is 7.49. The molecule has 0 amide bonds. The van der Waals surface area contributed by atoms with Gasteiger partial charge in [-0.3, -0.25) is 4.79 Å². The van der Waals surface area contributed by atoms with E-state index in [1.165, 1.54) is 25.7 Å². The maximum atomic E-state index is 12.0. The molecule has 0 spiro atoms. The maximum Gasteiger partial charge on any atom is 0.229 e. The van der Waals surface area contributed by atoms with E-state index >= 15 is 0 Å². The molecule has 2 nitrogen and oxygen atoms in total. The number of aryl methyl sites for hydroxylation is 1. The third-order valence-corrected chi connectivity index (χ3v) is 4.57.